The zero-order valence-electron chi connectivity index (χ0n) is 9.55. The molecule has 18 heavy (non-hydrogen) atoms. The summed E-state index contributed by atoms with van der Waals surface area (Å²) in [5.74, 6) is 0.396. The highest BCUT2D eigenvalue weighted by Gasteiger charge is 2.08. The first-order valence-electron chi connectivity index (χ1n) is 5.11. The third-order valence-electron chi connectivity index (χ3n) is 2.21. The molecule has 1 amide bonds. The van der Waals surface area contributed by atoms with Crippen LogP contribution in [0.5, 0.6) is 5.75 Å². The standard InChI is InChI=1S/C12H10BrN3O2/c1-18-11-3-2-8(6-9(11)13)16-12(17)10-7-14-4-5-15-10/h2-7H,1H3,(H,16,17). The quantitative estimate of drug-likeness (QED) is 0.946. The predicted molar refractivity (Wildman–Crippen MR) is 70.7 cm³/mol. The van der Waals surface area contributed by atoms with Gasteiger partial charge < -0.3 is 10.1 Å². The molecule has 0 aliphatic rings. The highest BCUT2D eigenvalue weighted by atomic mass is 79.9. The highest BCUT2D eigenvalue weighted by Crippen LogP contribution is 2.27. The Bertz CT molecular complexity index is 561. The molecule has 0 radical (unpaired) electrons. The van der Waals surface area contributed by atoms with Gasteiger partial charge in [0, 0.05) is 18.1 Å². The van der Waals surface area contributed by atoms with E-state index in [1.807, 2.05) is 0 Å². The molecule has 92 valence electrons. The van der Waals surface area contributed by atoms with Crippen LogP contribution in [-0.2, 0) is 0 Å². The van der Waals surface area contributed by atoms with Crippen molar-refractivity contribution in [1.29, 1.82) is 0 Å². The maximum Gasteiger partial charge on any atom is 0.275 e. The van der Waals surface area contributed by atoms with Gasteiger partial charge in [-0.25, -0.2) is 4.98 Å². The molecule has 0 atom stereocenters. The van der Waals surface area contributed by atoms with Gasteiger partial charge in [-0.1, -0.05) is 0 Å². The van der Waals surface area contributed by atoms with Crippen molar-refractivity contribution in [3.8, 4) is 5.75 Å². The number of hydrogen-bond acceptors (Lipinski definition) is 4. The lowest BCUT2D eigenvalue weighted by Gasteiger charge is -2.07. The summed E-state index contributed by atoms with van der Waals surface area (Å²) in [7, 11) is 1.58. The highest BCUT2D eigenvalue weighted by molar-refractivity contribution is 9.10. The fourth-order valence-corrected chi connectivity index (χ4v) is 1.90. The predicted octanol–water partition coefficient (Wildman–Crippen LogP) is 2.50. The SMILES string of the molecule is COc1ccc(NC(=O)c2cnccn2)cc1Br. The number of halogens is 1. The second-order valence-electron chi connectivity index (χ2n) is 3.39. The lowest BCUT2D eigenvalue weighted by atomic mass is 10.3. The van der Waals surface area contributed by atoms with E-state index in [2.05, 4.69) is 31.2 Å². The molecule has 1 heterocycles. The van der Waals surface area contributed by atoms with E-state index in [0.29, 0.717) is 11.4 Å². The van der Waals surface area contributed by atoms with Gasteiger partial charge >= 0.3 is 0 Å². The summed E-state index contributed by atoms with van der Waals surface area (Å²) in [5.41, 5.74) is 0.919. The number of nitrogens with zero attached hydrogens (tertiary/aromatic N) is 2. The van der Waals surface area contributed by atoms with Crippen molar-refractivity contribution in [2.75, 3.05) is 12.4 Å². The molecule has 6 heteroatoms. The monoisotopic (exact) mass is 307 g/mol. The molecule has 5 nitrogen and oxygen atoms in total. The van der Waals surface area contributed by atoms with E-state index in [0.717, 1.165) is 4.47 Å². The molecule has 0 bridgehead atoms. The Labute approximate surface area is 112 Å². The number of ether oxygens (including phenoxy) is 1. The molecule has 0 aliphatic carbocycles. The molecule has 2 rings (SSSR count). The molecule has 0 aliphatic heterocycles. The first-order valence-corrected chi connectivity index (χ1v) is 5.91. The number of methoxy groups -OCH3 is 1. The number of hydrogen-bond donors (Lipinski definition) is 1. The van der Waals surface area contributed by atoms with Gasteiger partial charge in [-0.15, -0.1) is 0 Å². The average Bonchev–Trinajstić information content (AvgIpc) is 2.40. The molecule has 0 unspecified atom stereocenters. The lowest BCUT2D eigenvalue weighted by Crippen LogP contribution is -2.13. The summed E-state index contributed by atoms with van der Waals surface area (Å²) >= 11 is 3.35. The van der Waals surface area contributed by atoms with Crippen molar-refractivity contribution < 1.29 is 9.53 Å². The molecular weight excluding hydrogens is 298 g/mol. The largest absolute Gasteiger partial charge is 0.496 e. The molecule has 0 spiro atoms. The van der Waals surface area contributed by atoms with E-state index >= 15 is 0 Å². The molecule has 0 fully saturated rings. The van der Waals surface area contributed by atoms with Gasteiger partial charge in [-0.3, -0.25) is 9.78 Å². The van der Waals surface area contributed by atoms with Crippen LogP contribution in [0.25, 0.3) is 0 Å². The van der Waals surface area contributed by atoms with Crippen LogP contribution in [0.2, 0.25) is 0 Å². The fourth-order valence-electron chi connectivity index (χ4n) is 1.36. The minimum absolute atomic E-state index is 0.268. The Kier molecular flexibility index (Phi) is 3.88. The first-order chi connectivity index (χ1) is 8.70. The van der Waals surface area contributed by atoms with Crippen LogP contribution in [0.4, 0.5) is 5.69 Å². The van der Waals surface area contributed by atoms with Gasteiger partial charge in [0.2, 0.25) is 0 Å². The maximum absolute atomic E-state index is 11.8. The number of carbonyl (C=O) groups is 1. The number of anilines is 1. The maximum atomic E-state index is 11.8. The molecule has 2 aromatic rings. The summed E-state index contributed by atoms with van der Waals surface area (Å²) in [6.45, 7) is 0. The average molecular weight is 308 g/mol. The number of rotatable bonds is 3. The summed E-state index contributed by atoms with van der Waals surface area (Å²) in [4.78, 5) is 19.6. The van der Waals surface area contributed by atoms with E-state index in [1.54, 1.807) is 25.3 Å². The smallest absolute Gasteiger partial charge is 0.275 e. The minimum atomic E-state index is -0.305. The normalized spacial score (nSPS) is 9.89. The van der Waals surface area contributed by atoms with Gasteiger partial charge in [-0.05, 0) is 34.1 Å². The fraction of sp³-hybridized carbons (Fsp3) is 0.0833. The molecule has 0 saturated heterocycles. The van der Waals surface area contributed by atoms with Crippen molar-refractivity contribution in [1.82, 2.24) is 9.97 Å². The Morgan fingerprint density at radius 1 is 1.39 bits per heavy atom. The zero-order valence-corrected chi connectivity index (χ0v) is 11.1. The molecule has 1 aromatic heterocycles. The summed E-state index contributed by atoms with van der Waals surface area (Å²) in [6, 6.07) is 5.27. The molecule has 0 saturated carbocycles. The van der Waals surface area contributed by atoms with Gasteiger partial charge in [0.15, 0.2) is 0 Å². The van der Waals surface area contributed by atoms with Crippen LogP contribution in [0, 0.1) is 0 Å². The van der Waals surface area contributed by atoms with E-state index in [4.69, 9.17) is 4.74 Å². The molecule has 1 aromatic carbocycles. The number of carbonyl (C=O) groups excluding carboxylic acids is 1. The first kappa shape index (κ1) is 12.5. The number of nitrogens with one attached hydrogen (secondary N) is 1. The van der Waals surface area contributed by atoms with Crippen LogP contribution in [0.3, 0.4) is 0 Å². The molecular formula is C12H10BrN3O2. The Morgan fingerprint density at radius 2 is 2.22 bits per heavy atom. The van der Waals surface area contributed by atoms with Crippen LogP contribution in [0.15, 0.2) is 41.3 Å². The van der Waals surface area contributed by atoms with Crippen LogP contribution < -0.4 is 10.1 Å². The van der Waals surface area contributed by atoms with E-state index in [1.165, 1.54) is 18.6 Å². The van der Waals surface area contributed by atoms with E-state index in [9.17, 15) is 4.79 Å². The van der Waals surface area contributed by atoms with Gasteiger partial charge in [-0.2, -0.15) is 0 Å². The van der Waals surface area contributed by atoms with Crippen molar-refractivity contribution in [2.24, 2.45) is 0 Å². The second-order valence-corrected chi connectivity index (χ2v) is 4.25. The zero-order chi connectivity index (χ0) is 13.0. The Morgan fingerprint density at radius 3 is 2.83 bits per heavy atom. The second kappa shape index (κ2) is 5.59. The Hall–Kier alpha value is -1.95. The van der Waals surface area contributed by atoms with Crippen LogP contribution in [0.1, 0.15) is 10.5 Å². The third kappa shape index (κ3) is 2.84. The lowest BCUT2D eigenvalue weighted by molar-refractivity contribution is 0.102. The summed E-state index contributed by atoms with van der Waals surface area (Å²) in [5, 5.41) is 2.72. The summed E-state index contributed by atoms with van der Waals surface area (Å²) < 4.78 is 5.87. The van der Waals surface area contributed by atoms with Gasteiger partial charge in [0.1, 0.15) is 11.4 Å². The molecule has 1 N–H and O–H groups in total. The van der Waals surface area contributed by atoms with Crippen molar-refractivity contribution in [3.63, 3.8) is 0 Å². The van der Waals surface area contributed by atoms with Crippen LogP contribution >= 0.6 is 15.9 Å². The summed E-state index contributed by atoms with van der Waals surface area (Å²) in [6.07, 6.45) is 4.40. The minimum Gasteiger partial charge on any atom is -0.496 e. The topological polar surface area (TPSA) is 64.1 Å². The van der Waals surface area contributed by atoms with Gasteiger partial charge in [0.05, 0.1) is 17.8 Å². The number of aromatic nitrogens is 2. The number of benzene rings is 1. The van der Waals surface area contributed by atoms with E-state index in [-0.39, 0.29) is 11.6 Å². The van der Waals surface area contributed by atoms with Crippen molar-refractivity contribution >= 4 is 27.5 Å². The van der Waals surface area contributed by atoms with E-state index < -0.39 is 0 Å². The van der Waals surface area contributed by atoms with Gasteiger partial charge in [0.25, 0.3) is 5.91 Å². The Balaban J connectivity index is 2.15. The third-order valence-corrected chi connectivity index (χ3v) is 2.83. The number of amides is 1. The van der Waals surface area contributed by atoms with Crippen LogP contribution in [-0.4, -0.2) is 23.0 Å². The van der Waals surface area contributed by atoms with Crippen molar-refractivity contribution in [2.45, 2.75) is 0 Å². The van der Waals surface area contributed by atoms with Crippen molar-refractivity contribution in [3.05, 3.63) is 47.0 Å².